The zero-order chi connectivity index (χ0) is 12.5. The van der Waals surface area contributed by atoms with E-state index in [0.717, 1.165) is 24.8 Å². The lowest BCUT2D eigenvalue weighted by Crippen LogP contribution is -2.38. The van der Waals surface area contributed by atoms with Crippen molar-refractivity contribution in [1.29, 1.82) is 0 Å². The average molecular weight is 232 g/mol. The summed E-state index contributed by atoms with van der Waals surface area (Å²) in [7, 11) is 0. The van der Waals surface area contributed by atoms with Crippen LogP contribution in [-0.4, -0.2) is 24.0 Å². The van der Waals surface area contributed by atoms with Crippen LogP contribution in [0.2, 0.25) is 0 Å². The van der Waals surface area contributed by atoms with Crippen molar-refractivity contribution in [2.24, 2.45) is 0 Å². The summed E-state index contributed by atoms with van der Waals surface area (Å²) in [6.45, 7) is 9.20. The van der Waals surface area contributed by atoms with E-state index in [9.17, 15) is 0 Å². The molecular formula is C15H24N2. The first-order valence-corrected chi connectivity index (χ1v) is 6.63. The van der Waals surface area contributed by atoms with Gasteiger partial charge in [-0.3, -0.25) is 4.90 Å². The highest BCUT2D eigenvalue weighted by molar-refractivity contribution is 5.41. The van der Waals surface area contributed by atoms with Gasteiger partial charge in [-0.25, -0.2) is 0 Å². The van der Waals surface area contributed by atoms with Crippen molar-refractivity contribution in [2.75, 3.05) is 18.8 Å². The highest BCUT2D eigenvalue weighted by Crippen LogP contribution is 2.32. The molecule has 2 rings (SSSR count). The number of benzene rings is 1. The van der Waals surface area contributed by atoms with Crippen molar-refractivity contribution in [3.05, 3.63) is 29.8 Å². The number of nitrogens with zero attached hydrogens (tertiary/aromatic N) is 1. The molecule has 1 aliphatic carbocycles. The quantitative estimate of drug-likeness (QED) is 0.791. The first kappa shape index (κ1) is 12.4. The molecule has 0 aromatic heterocycles. The Morgan fingerprint density at radius 3 is 2.29 bits per heavy atom. The normalized spacial score (nSPS) is 16.5. The van der Waals surface area contributed by atoms with Crippen LogP contribution in [0.5, 0.6) is 0 Å². The van der Waals surface area contributed by atoms with Crippen LogP contribution in [0.3, 0.4) is 0 Å². The predicted molar refractivity (Wildman–Crippen MR) is 74.1 cm³/mol. The Bertz CT molecular complexity index is 363. The Hall–Kier alpha value is -1.02. The van der Waals surface area contributed by atoms with E-state index in [4.69, 9.17) is 5.73 Å². The molecule has 0 heterocycles. The lowest BCUT2D eigenvalue weighted by Gasteiger charge is -2.32. The van der Waals surface area contributed by atoms with Gasteiger partial charge < -0.3 is 5.73 Å². The van der Waals surface area contributed by atoms with E-state index in [0.29, 0.717) is 0 Å². The van der Waals surface area contributed by atoms with Crippen molar-refractivity contribution in [2.45, 2.75) is 45.1 Å². The molecule has 0 saturated heterocycles. The molecule has 0 atom stereocenters. The van der Waals surface area contributed by atoms with E-state index < -0.39 is 0 Å². The minimum atomic E-state index is 0.201. The molecule has 0 aliphatic heterocycles. The van der Waals surface area contributed by atoms with Crippen LogP contribution < -0.4 is 5.73 Å². The number of anilines is 1. The Kier molecular flexibility index (Phi) is 3.43. The van der Waals surface area contributed by atoms with Gasteiger partial charge in [0.1, 0.15) is 0 Å². The van der Waals surface area contributed by atoms with Gasteiger partial charge in [-0.2, -0.15) is 0 Å². The van der Waals surface area contributed by atoms with Crippen LogP contribution in [-0.2, 0) is 5.41 Å². The van der Waals surface area contributed by atoms with Crippen LogP contribution in [0.4, 0.5) is 5.69 Å². The lowest BCUT2D eigenvalue weighted by molar-refractivity contribution is 0.224. The maximum absolute atomic E-state index is 5.75. The minimum Gasteiger partial charge on any atom is -0.399 e. The van der Waals surface area contributed by atoms with E-state index in [-0.39, 0.29) is 5.41 Å². The number of hydrogen-bond acceptors (Lipinski definition) is 2. The fourth-order valence-corrected chi connectivity index (χ4v) is 2.47. The summed E-state index contributed by atoms with van der Waals surface area (Å²) in [4.78, 5) is 2.61. The molecule has 2 nitrogen and oxygen atoms in total. The van der Waals surface area contributed by atoms with Crippen LogP contribution in [0.25, 0.3) is 0 Å². The van der Waals surface area contributed by atoms with E-state index in [2.05, 4.69) is 37.8 Å². The Labute approximate surface area is 105 Å². The van der Waals surface area contributed by atoms with Gasteiger partial charge in [0.15, 0.2) is 0 Å². The van der Waals surface area contributed by atoms with Crippen molar-refractivity contribution >= 4 is 5.69 Å². The van der Waals surface area contributed by atoms with Gasteiger partial charge >= 0.3 is 0 Å². The third kappa shape index (κ3) is 3.01. The van der Waals surface area contributed by atoms with Crippen LogP contribution in [0.15, 0.2) is 24.3 Å². The fourth-order valence-electron chi connectivity index (χ4n) is 2.47. The highest BCUT2D eigenvalue weighted by atomic mass is 15.2. The molecule has 94 valence electrons. The molecule has 0 unspecified atom stereocenters. The smallest absolute Gasteiger partial charge is 0.0314 e. The van der Waals surface area contributed by atoms with Crippen LogP contribution in [0, 0.1) is 0 Å². The van der Waals surface area contributed by atoms with Gasteiger partial charge in [0.2, 0.25) is 0 Å². The summed E-state index contributed by atoms with van der Waals surface area (Å²) in [5.41, 5.74) is 8.17. The first-order valence-electron chi connectivity index (χ1n) is 6.63. The van der Waals surface area contributed by atoms with Crippen molar-refractivity contribution in [1.82, 2.24) is 4.90 Å². The summed E-state index contributed by atoms with van der Waals surface area (Å²) < 4.78 is 0. The van der Waals surface area contributed by atoms with Gasteiger partial charge in [0.05, 0.1) is 0 Å². The van der Waals surface area contributed by atoms with Gasteiger partial charge in [0, 0.05) is 23.7 Å². The topological polar surface area (TPSA) is 29.3 Å². The molecule has 0 amide bonds. The lowest BCUT2D eigenvalue weighted by atomic mass is 9.84. The van der Waals surface area contributed by atoms with E-state index >= 15 is 0 Å². The average Bonchev–Trinajstić information content (AvgIpc) is 3.10. The summed E-state index contributed by atoms with van der Waals surface area (Å²) >= 11 is 0. The number of nitrogens with two attached hydrogens (primary N) is 1. The molecule has 2 N–H and O–H groups in total. The van der Waals surface area contributed by atoms with Gasteiger partial charge in [0.25, 0.3) is 0 Å². The summed E-state index contributed by atoms with van der Waals surface area (Å²) in [6, 6.07) is 9.18. The van der Waals surface area contributed by atoms with Gasteiger partial charge in [-0.1, -0.05) is 32.9 Å². The van der Waals surface area contributed by atoms with Crippen molar-refractivity contribution in [3.8, 4) is 0 Å². The molecule has 2 heteroatoms. The Balaban J connectivity index is 2.08. The second kappa shape index (κ2) is 4.69. The maximum atomic E-state index is 5.75. The maximum Gasteiger partial charge on any atom is 0.0314 e. The van der Waals surface area contributed by atoms with Crippen molar-refractivity contribution in [3.63, 3.8) is 0 Å². The van der Waals surface area contributed by atoms with Crippen LogP contribution in [0.1, 0.15) is 39.2 Å². The van der Waals surface area contributed by atoms with E-state index in [1.807, 2.05) is 12.1 Å². The molecule has 17 heavy (non-hydrogen) atoms. The molecule has 1 aliphatic rings. The molecule has 0 bridgehead atoms. The number of hydrogen-bond donors (Lipinski definition) is 1. The summed E-state index contributed by atoms with van der Waals surface area (Å²) in [6.07, 6.45) is 2.76. The predicted octanol–water partition coefficient (Wildman–Crippen LogP) is 3.03. The molecule has 1 saturated carbocycles. The first-order chi connectivity index (χ1) is 8.03. The minimum absolute atomic E-state index is 0.201. The Morgan fingerprint density at radius 1 is 1.24 bits per heavy atom. The zero-order valence-corrected chi connectivity index (χ0v) is 11.2. The SMILES string of the molecule is CCN(CC(C)(C)c1ccc(N)cc1)C1CC1. The van der Waals surface area contributed by atoms with E-state index in [1.54, 1.807) is 0 Å². The standard InChI is InChI=1S/C15H24N2/c1-4-17(14-9-10-14)11-15(2,3)12-5-7-13(16)8-6-12/h5-8,14H,4,9-11,16H2,1-3H3. The third-order valence-electron chi connectivity index (χ3n) is 3.76. The Morgan fingerprint density at radius 2 is 1.82 bits per heavy atom. The third-order valence-corrected chi connectivity index (χ3v) is 3.76. The molecule has 1 fully saturated rings. The van der Waals surface area contributed by atoms with Crippen LogP contribution >= 0.6 is 0 Å². The molecule has 1 aromatic carbocycles. The van der Waals surface area contributed by atoms with E-state index in [1.165, 1.54) is 18.4 Å². The second-order valence-corrected chi connectivity index (χ2v) is 5.80. The molecule has 1 aromatic rings. The zero-order valence-electron chi connectivity index (χ0n) is 11.2. The molecule has 0 radical (unpaired) electrons. The van der Waals surface area contributed by atoms with Crippen molar-refractivity contribution < 1.29 is 0 Å². The van der Waals surface area contributed by atoms with Gasteiger partial charge in [-0.05, 0) is 37.1 Å². The monoisotopic (exact) mass is 232 g/mol. The molecular weight excluding hydrogens is 208 g/mol. The summed E-state index contributed by atoms with van der Waals surface area (Å²) in [5, 5.41) is 0. The van der Waals surface area contributed by atoms with Gasteiger partial charge in [-0.15, -0.1) is 0 Å². The number of rotatable bonds is 5. The fraction of sp³-hybridized carbons (Fsp3) is 0.600. The summed E-state index contributed by atoms with van der Waals surface area (Å²) in [5.74, 6) is 0. The number of likely N-dealkylation sites (N-methyl/N-ethyl adjacent to an activating group) is 1. The molecule has 0 spiro atoms. The highest BCUT2D eigenvalue weighted by Gasteiger charge is 2.32. The largest absolute Gasteiger partial charge is 0.399 e. The second-order valence-electron chi connectivity index (χ2n) is 5.80. The number of nitrogen functional groups attached to an aromatic ring is 1.